The molecule has 2 aliphatic rings. The van der Waals surface area contributed by atoms with Crippen molar-refractivity contribution in [3.63, 3.8) is 0 Å². The molecule has 28 heavy (non-hydrogen) atoms. The molecule has 154 valence electrons. The van der Waals surface area contributed by atoms with Gasteiger partial charge in [0.05, 0.1) is 19.7 Å². The zero-order chi connectivity index (χ0) is 20.2. The number of nitrogens with zero attached hydrogens (tertiary/aromatic N) is 1. The third-order valence-corrected chi connectivity index (χ3v) is 5.56. The highest BCUT2D eigenvalue weighted by molar-refractivity contribution is 9.10. The molecule has 0 saturated carbocycles. The van der Waals surface area contributed by atoms with Gasteiger partial charge in [0.25, 0.3) is 0 Å². The van der Waals surface area contributed by atoms with E-state index in [1.807, 2.05) is 26.0 Å². The van der Waals surface area contributed by atoms with E-state index in [2.05, 4.69) is 40.5 Å². The van der Waals surface area contributed by atoms with E-state index in [1.54, 1.807) is 11.2 Å². The summed E-state index contributed by atoms with van der Waals surface area (Å²) in [5, 5.41) is 0. The number of halogens is 1. The average Bonchev–Trinajstić information content (AvgIpc) is 2.98. The van der Waals surface area contributed by atoms with Crippen LogP contribution in [0.1, 0.15) is 51.2 Å². The van der Waals surface area contributed by atoms with Crippen molar-refractivity contribution >= 4 is 22.0 Å². The maximum absolute atomic E-state index is 12.5. The van der Waals surface area contributed by atoms with Crippen molar-refractivity contribution < 1.29 is 19.1 Å². The second-order valence-electron chi connectivity index (χ2n) is 8.01. The monoisotopic (exact) mass is 452 g/mol. The van der Waals surface area contributed by atoms with Crippen LogP contribution in [-0.4, -0.2) is 36.2 Å². The Bertz CT molecular complexity index is 729. The number of benzene rings is 1. The smallest absolute Gasteiger partial charge is 0.410 e. The van der Waals surface area contributed by atoms with Crippen LogP contribution in [0.25, 0.3) is 0 Å². The highest BCUT2D eigenvalue weighted by Crippen LogP contribution is 2.44. The minimum atomic E-state index is -0.609. The summed E-state index contributed by atoms with van der Waals surface area (Å²) in [7, 11) is 0. The zero-order valence-corrected chi connectivity index (χ0v) is 18.4. The molecular formula is C21H29BrN2O4. The first kappa shape index (κ1) is 21.1. The van der Waals surface area contributed by atoms with E-state index >= 15 is 0 Å². The third kappa shape index (κ3) is 4.88. The molecule has 1 spiro atoms. The Morgan fingerprint density at radius 2 is 2.21 bits per heavy atom. The van der Waals surface area contributed by atoms with Crippen LogP contribution in [-0.2, 0) is 26.5 Å². The number of likely N-dealkylation sites (tertiary alicyclic amines) is 1. The van der Waals surface area contributed by atoms with Gasteiger partial charge in [0.15, 0.2) is 0 Å². The van der Waals surface area contributed by atoms with Gasteiger partial charge < -0.3 is 19.2 Å². The summed E-state index contributed by atoms with van der Waals surface area (Å²) >= 11 is 3.49. The van der Waals surface area contributed by atoms with Crippen LogP contribution in [0.4, 0.5) is 4.79 Å². The van der Waals surface area contributed by atoms with Gasteiger partial charge in [-0.05, 0) is 49.6 Å². The fourth-order valence-corrected chi connectivity index (χ4v) is 3.87. The maximum Gasteiger partial charge on any atom is 0.410 e. The van der Waals surface area contributed by atoms with Crippen molar-refractivity contribution in [3.05, 3.63) is 46.1 Å². The molecule has 1 saturated heterocycles. The fraction of sp³-hybridized carbons (Fsp3) is 0.571. The van der Waals surface area contributed by atoms with Gasteiger partial charge >= 0.3 is 6.09 Å². The van der Waals surface area contributed by atoms with E-state index < -0.39 is 5.60 Å². The third-order valence-electron chi connectivity index (χ3n) is 5.07. The summed E-state index contributed by atoms with van der Waals surface area (Å²) in [6, 6.07) is 6.18. The lowest BCUT2D eigenvalue weighted by atomic mass is 9.85. The summed E-state index contributed by atoms with van der Waals surface area (Å²) in [6.45, 7) is 8.37. The summed E-state index contributed by atoms with van der Waals surface area (Å²) in [5.74, 6) is 0. The molecule has 1 N–H and O–H groups in total. The van der Waals surface area contributed by atoms with Crippen LogP contribution in [0.5, 0.6) is 0 Å². The molecule has 0 atom stereocenters. The number of carbonyl (C=O) groups is 1. The van der Waals surface area contributed by atoms with E-state index in [0.29, 0.717) is 26.1 Å². The summed E-state index contributed by atoms with van der Waals surface area (Å²) in [6.07, 6.45) is 5.92. The van der Waals surface area contributed by atoms with Crippen LogP contribution < -0.4 is 5.48 Å². The Morgan fingerprint density at radius 3 is 2.96 bits per heavy atom. The van der Waals surface area contributed by atoms with E-state index in [-0.39, 0.29) is 11.7 Å². The Kier molecular flexibility index (Phi) is 6.68. The molecule has 1 amide bonds. The normalized spacial score (nSPS) is 17.6. The lowest BCUT2D eigenvalue weighted by Gasteiger charge is -2.47. The molecule has 1 aromatic rings. The average molecular weight is 453 g/mol. The number of rotatable bonds is 8. The van der Waals surface area contributed by atoms with Crippen LogP contribution >= 0.6 is 15.9 Å². The molecule has 7 heteroatoms. The standard InChI is InChI=1S/C21H29BrN2O4/c1-4-5-10-23-27-11-6-9-20(2,3)28-19(25)24-14-21(15-24)18-8-7-17(22)12-16(18)13-26-21/h6-8,11-12,23H,4-5,9-10,13-15H2,1-3H3/b11-6-. The molecule has 6 nitrogen and oxygen atoms in total. The SMILES string of the molecule is CCCCNO/C=C\CC(C)(C)OC(=O)N1CC2(C1)OCc1cc(Br)ccc12. The molecule has 0 bridgehead atoms. The number of nitrogens with one attached hydrogen (secondary N) is 1. The number of carbonyl (C=O) groups excluding carboxylic acids is 1. The molecule has 2 aliphatic heterocycles. The van der Waals surface area contributed by atoms with Crippen molar-refractivity contribution in [2.24, 2.45) is 0 Å². The molecule has 3 rings (SSSR count). The van der Waals surface area contributed by atoms with E-state index in [0.717, 1.165) is 23.9 Å². The van der Waals surface area contributed by atoms with E-state index in [9.17, 15) is 4.79 Å². The molecule has 0 aliphatic carbocycles. The van der Waals surface area contributed by atoms with Gasteiger partial charge in [0.2, 0.25) is 0 Å². The molecule has 0 radical (unpaired) electrons. The molecule has 0 unspecified atom stereocenters. The van der Waals surface area contributed by atoms with Crippen LogP contribution in [0.15, 0.2) is 35.0 Å². The van der Waals surface area contributed by atoms with Crippen molar-refractivity contribution in [2.45, 2.75) is 57.8 Å². The molecule has 1 fully saturated rings. The minimum Gasteiger partial charge on any atom is -0.443 e. The number of hydroxylamine groups is 1. The summed E-state index contributed by atoms with van der Waals surface area (Å²) in [4.78, 5) is 19.4. The lowest BCUT2D eigenvalue weighted by Crippen LogP contribution is -2.61. The summed E-state index contributed by atoms with van der Waals surface area (Å²) < 4.78 is 12.8. The van der Waals surface area contributed by atoms with Gasteiger partial charge in [-0.1, -0.05) is 35.3 Å². The topological polar surface area (TPSA) is 60.0 Å². The number of hydrogen-bond donors (Lipinski definition) is 1. The Balaban J connectivity index is 1.44. The van der Waals surface area contributed by atoms with Gasteiger partial charge in [-0.3, -0.25) is 0 Å². The predicted octanol–water partition coefficient (Wildman–Crippen LogP) is 4.63. The minimum absolute atomic E-state index is 0.305. The second-order valence-corrected chi connectivity index (χ2v) is 8.93. The first-order chi connectivity index (χ1) is 13.4. The molecule has 0 aromatic heterocycles. The summed E-state index contributed by atoms with van der Waals surface area (Å²) in [5.41, 5.74) is 4.24. The van der Waals surface area contributed by atoms with Crippen molar-refractivity contribution in [3.8, 4) is 0 Å². The van der Waals surface area contributed by atoms with Gasteiger partial charge in [-0.25, -0.2) is 4.79 Å². The van der Waals surface area contributed by atoms with Crippen molar-refractivity contribution in [1.82, 2.24) is 10.4 Å². The predicted molar refractivity (Wildman–Crippen MR) is 110 cm³/mol. The maximum atomic E-state index is 12.5. The number of ether oxygens (including phenoxy) is 2. The van der Waals surface area contributed by atoms with Crippen molar-refractivity contribution in [2.75, 3.05) is 19.6 Å². The number of hydrogen-bond acceptors (Lipinski definition) is 5. The van der Waals surface area contributed by atoms with Gasteiger partial charge in [0.1, 0.15) is 17.5 Å². The first-order valence-corrected chi connectivity index (χ1v) is 10.6. The van der Waals surface area contributed by atoms with Crippen LogP contribution in [0, 0.1) is 0 Å². The van der Waals surface area contributed by atoms with Crippen LogP contribution in [0.3, 0.4) is 0 Å². The quantitative estimate of drug-likeness (QED) is 0.353. The largest absolute Gasteiger partial charge is 0.443 e. The Hall–Kier alpha value is -1.57. The second kappa shape index (κ2) is 8.84. The number of unbranched alkanes of at least 4 members (excludes halogenated alkanes) is 1. The number of amides is 1. The molecule has 2 heterocycles. The van der Waals surface area contributed by atoms with Crippen molar-refractivity contribution in [1.29, 1.82) is 0 Å². The van der Waals surface area contributed by atoms with Gasteiger partial charge in [-0.2, -0.15) is 5.48 Å². The highest BCUT2D eigenvalue weighted by Gasteiger charge is 2.52. The highest BCUT2D eigenvalue weighted by atomic mass is 79.9. The molecule has 1 aromatic carbocycles. The van der Waals surface area contributed by atoms with Gasteiger partial charge in [0, 0.05) is 17.4 Å². The fourth-order valence-electron chi connectivity index (χ4n) is 3.46. The zero-order valence-electron chi connectivity index (χ0n) is 16.8. The van der Waals surface area contributed by atoms with Gasteiger partial charge in [-0.15, -0.1) is 0 Å². The molecular weight excluding hydrogens is 424 g/mol. The Labute approximate surface area is 175 Å². The van der Waals surface area contributed by atoms with Crippen LogP contribution in [0.2, 0.25) is 0 Å². The first-order valence-electron chi connectivity index (χ1n) is 9.79. The Morgan fingerprint density at radius 1 is 1.43 bits per heavy atom. The number of fused-ring (bicyclic) bond motifs is 2. The van der Waals surface area contributed by atoms with E-state index in [4.69, 9.17) is 14.3 Å². The van der Waals surface area contributed by atoms with E-state index in [1.165, 1.54) is 11.1 Å². The lowest BCUT2D eigenvalue weighted by molar-refractivity contribution is -0.138.